The third kappa shape index (κ3) is 16.9. The maximum atomic E-state index is 2.38. The molecular weight excluding hydrogens is 1250 g/mol. The molecule has 10 aromatic carbocycles. The Kier molecular flexibility index (Phi) is 22.6. The van der Waals surface area contributed by atoms with Gasteiger partial charge >= 0.3 is 0 Å². The van der Waals surface area contributed by atoms with Crippen molar-refractivity contribution in [3.8, 4) is 56.3 Å². The van der Waals surface area contributed by atoms with Gasteiger partial charge in [-0.3, -0.25) is 0 Å². The smallest absolute Gasteiger partial charge is 0.200 e. The molecule has 0 amide bonds. The van der Waals surface area contributed by atoms with E-state index in [1.807, 2.05) is 0 Å². The summed E-state index contributed by atoms with van der Waals surface area (Å²) >= 11 is 0. The molecule has 5 heterocycles. The van der Waals surface area contributed by atoms with Gasteiger partial charge < -0.3 is 0 Å². The lowest BCUT2D eigenvalue weighted by atomic mass is 9.85. The van der Waals surface area contributed by atoms with Crippen LogP contribution in [0, 0.1) is 66.2 Å². The van der Waals surface area contributed by atoms with Gasteiger partial charge in [-0.15, -0.1) is 0 Å². The summed E-state index contributed by atoms with van der Waals surface area (Å²) in [6, 6.07) is 91.6. The van der Waals surface area contributed by atoms with Crippen molar-refractivity contribution in [2.45, 2.75) is 110 Å². The summed E-state index contributed by atoms with van der Waals surface area (Å²) in [7, 11) is 10.7. The number of hydrogen-bond acceptors (Lipinski definition) is 0. The van der Waals surface area contributed by atoms with Gasteiger partial charge in [-0.1, -0.05) is 204 Å². The Morgan fingerprint density at radius 3 is 1.20 bits per heavy atom. The molecule has 0 bridgehead atoms. The van der Waals surface area contributed by atoms with E-state index in [1.165, 1.54) is 166 Å². The van der Waals surface area contributed by atoms with E-state index in [9.17, 15) is 0 Å². The Bertz CT molecular complexity index is 5520. The monoisotopic (exact) mass is 1350 g/mol. The molecule has 0 atom stereocenters. The van der Waals surface area contributed by atoms with Gasteiger partial charge in [0.2, 0.25) is 39.5 Å². The van der Waals surface area contributed by atoms with E-state index < -0.39 is 0 Å². The van der Waals surface area contributed by atoms with Crippen molar-refractivity contribution in [3.05, 3.63) is 329 Å². The average Bonchev–Trinajstić information content (AvgIpc) is 0.792. The lowest BCUT2D eigenvalue weighted by Gasteiger charge is -2.20. The SMILES string of the molecule is Cc1ccc2c(-c3ccccc3C)[n+](C)ccc2c1.Cc1ccc2cc[n+](C)c(-c3ccccc3C)c2c1.Cc1ccccc1-c1c(CC(C)(C)C)cc2ccccc2[n+]1C.Cc1ccccc1-c1c2cccc(C)c2cc[n+]1C.Cc1ccccc1-c1cc(CC(C)(C)C)c2ccccc2[n+]1C. The van der Waals surface area contributed by atoms with Crippen LogP contribution in [0.1, 0.15) is 97.2 Å². The lowest BCUT2D eigenvalue weighted by molar-refractivity contribution is -0.659. The predicted molar refractivity (Wildman–Crippen MR) is 437 cm³/mol. The van der Waals surface area contributed by atoms with Gasteiger partial charge in [0.05, 0.1) is 16.2 Å². The molecule has 0 unspecified atom stereocenters. The van der Waals surface area contributed by atoms with Gasteiger partial charge in [0.1, 0.15) is 35.2 Å². The second-order valence-electron chi connectivity index (χ2n) is 30.9. The minimum Gasteiger partial charge on any atom is -0.200 e. The zero-order valence-electron chi connectivity index (χ0n) is 64.6. The normalized spacial score (nSPS) is 11.3. The van der Waals surface area contributed by atoms with Gasteiger partial charge in [-0.25, -0.2) is 13.7 Å². The molecule has 0 aliphatic carbocycles. The van der Waals surface area contributed by atoms with Gasteiger partial charge in [0.15, 0.2) is 18.6 Å². The summed E-state index contributed by atoms with van der Waals surface area (Å²) in [4.78, 5) is 0. The van der Waals surface area contributed by atoms with Crippen LogP contribution in [-0.2, 0) is 48.1 Å². The van der Waals surface area contributed by atoms with Gasteiger partial charge in [-0.2, -0.15) is 9.13 Å². The fraction of sp³-hybridized carbons (Fsp3) is 0.235. The third-order valence-electron chi connectivity index (χ3n) is 20.0. The minimum absolute atomic E-state index is 0.257. The number of aryl methyl sites for hydroxylation is 13. The molecule has 0 saturated carbocycles. The van der Waals surface area contributed by atoms with E-state index in [2.05, 4.69) is 428 Å². The number of rotatable bonds is 7. The van der Waals surface area contributed by atoms with Gasteiger partial charge in [-0.05, 0) is 201 Å². The van der Waals surface area contributed by atoms with Gasteiger partial charge in [0, 0.05) is 80.6 Å². The summed E-state index contributed by atoms with van der Waals surface area (Å²) in [6.07, 6.45) is 8.57. The van der Waals surface area contributed by atoms with Crippen LogP contribution in [0.4, 0.5) is 0 Å². The van der Waals surface area contributed by atoms with E-state index in [4.69, 9.17) is 0 Å². The molecule has 0 radical (unpaired) electrons. The zero-order valence-corrected chi connectivity index (χ0v) is 64.6. The number of nitrogens with zero attached hydrogens (tertiary/aromatic N) is 5. The van der Waals surface area contributed by atoms with E-state index in [-0.39, 0.29) is 10.8 Å². The number of benzene rings is 10. The molecule has 5 heteroatoms. The van der Waals surface area contributed by atoms with E-state index in [0.717, 1.165) is 12.8 Å². The predicted octanol–water partition coefficient (Wildman–Crippen LogP) is 22.3. The molecule has 0 N–H and O–H groups in total. The molecular formula is C98H106N5+5. The highest BCUT2D eigenvalue weighted by Crippen LogP contribution is 2.35. The van der Waals surface area contributed by atoms with Crippen molar-refractivity contribution in [1.82, 2.24) is 0 Å². The molecule has 518 valence electrons. The molecule has 15 rings (SSSR count). The maximum absolute atomic E-state index is 2.38. The van der Waals surface area contributed by atoms with Crippen LogP contribution in [0.3, 0.4) is 0 Å². The second-order valence-corrected chi connectivity index (χ2v) is 30.9. The highest BCUT2D eigenvalue weighted by Gasteiger charge is 2.27. The fourth-order valence-electron chi connectivity index (χ4n) is 14.8. The van der Waals surface area contributed by atoms with Gasteiger partial charge in [0.25, 0.3) is 0 Å². The van der Waals surface area contributed by atoms with Crippen LogP contribution in [0.15, 0.2) is 273 Å². The molecule has 5 nitrogen and oxygen atoms in total. The quantitative estimate of drug-likeness (QED) is 0.142. The summed E-state index contributed by atoms with van der Waals surface area (Å²) in [5, 5.41) is 10.6. The van der Waals surface area contributed by atoms with Crippen molar-refractivity contribution < 1.29 is 22.8 Å². The first-order chi connectivity index (χ1) is 49.2. The van der Waals surface area contributed by atoms with E-state index in [0.29, 0.717) is 0 Å². The summed E-state index contributed by atoms with van der Waals surface area (Å²) < 4.78 is 11.3. The summed E-state index contributed by atoms with van der Waals surface area (Å²) in [6.45, 7) is 31.2. The summed E-state index contributed by atoms with van der Waals surface area (Å²) in [5.41, 5.74) is 29.6. The van der Waals surface area contributed by atoms with Crippen molar-refractivity contribution in [3.63, 3.8) is 0 Å². The van der Waals surface area contributed by atoms with Crippen LogP contribution < -0.4 is 22.8 Å². The van der Waals surface area contributed by atoms with Crippen LogP contribution >= 0.6 is 0 Å². The van der Waals surface area contributed by atoms with Crippen molar-refractivity contribution in [2.24, 2.45) is 46.1 Å². The Labute approximate surface area is 614 Å². The molecule has 0 aliphatic heterocycles. The van der Waals surface area contributed by atoms with E-state index >= 15 is 0 Å². The average molecular weight is 1350 g/mol. The Balaban J connectivity index is 0.000000129. The Morgan fingerprint density at radius 2 is 0.660 bits per heavy atom. The zero-order chi connectivity index (χ0) is 73.4. The molecule has 5 aromatic heterocycles. The lowest BCUT2D eigenvalue weighted by Crippen LogP contribution is -2.34. The third-order valence-corrected chi connectivity index (χ3v) is 20.0. The van der Waals surface area contributed by atoms with Crippen LogP contribution in [0.2, 0.25) is 0 Å². The Hall–Kier alpha value is -10.8. The largest absolute Gasteiger partial charge is 0.220 e. The second kappa shape index (κ2) is 31.6. The standard InChI is InChI=1S/2C22H26N.3C18H18N/c1-16-10-6-8-12-19(16)21-18(15-22(2,3)4)14-17-11-7-9-13-20(17)23(21)5;1-16-10-6-7-11-18(16)21-14-17(15-22(2,3)4)19-12-8-9-13-20(19)23(21)5;1-13-8-6-10-17-15(13)11-12-19(3)18(17)16-9-5-4-7-14(16)2;1-13-8-9-17-15(12-13)10-11-19(3)18(17)16-7-5-4-6-14(16)2;1-13-8-9-15-10-11-19(3)18(17(15)12-13)16-7-5-4-6-14(16)2/h2*6-14H,15H2,1-5H3;3*4-12H,1-3H3/q5*+1. The fourth-order valence-corrected chi connectivity index (χ4v) is 14.8. The number of pyridine rings is 5. The number of aromatic nitrogens is 5. The van der Waals surface area contributed by atoms with Crippen LogP contribution in [0.25, 0.3) is 110 Å². The first kappa shape index (κ1) is 73.5. The summed E-state index contributed by atoms with van der Waals surface area (Å²) in [5.74, 6) is 0. The first-order valence-corrected chi connectivity index (χ1v) is 36.5. The Morgan fingerprint density at radius 1 is 0.252 bits per heavy atom. The van der Waals surface area contributed by atoms with E-state index in [1.54, 1.807) is 0 Å². The highest BCUT2D eigenvalue weighted by atomic mass is 15.0. The van der Waals surface area contributed by atoms with Crippen molar-refractivity contribution in [1.29, 1.82) is 0 Å². The number of hydrogen-bond donors (Lipinski definition) is 0. The first-order valence-electron chi connectivity index (χ1n) is 36.5. The number of fused-ring (bicyclic) bond motifs is 5. The van der Waals surface area contributed by atoms with Crippen LogP contribution in [0.5, 0.6) is 0 Å². The molecule has 103 heavy (non-hydrogen) atoms. The number of para-hydroxylation sites is 2. The van der Waals surface area contributed by atoms with Crippen LogP contribution in [-0.4, -0.2) is 0 Å². The maximum Gasteiger partial charge on any atom is 0.220 e. The minimum atomic E-state index is 0.257. The topological polar surface area (TPSA) is 19.4 Å². The van der Waals surface area contributed by atoms with Crippen molar-refractivity contribution in [2.75, 3.05) is 0 Å². The molecule has 0 spiro atoms. The highest BCUT2D eigenvalue weighted by molar-refractivity contribution is 5.97. The molecule has 0 saturated heterocycles. The molecule has 0 fully saturated rings. The van der Waals surface area contributed by atoms with Crippen molar-refractivity contribution >= 4 is 54.1 Å². The molecule has 0 aliphatic rings. The molecule has 15 aromatic rings.